The average molecular weight is 344 g/mol. The van der Waals surface area contributed by atoms with Gasteiger partial charge >= 0.3 is 10.1 Å². The maximum atomic E-state index is 12.5. The van der Waals surface area contributed by atoms with Gasteiger partial charge in [0, 0.05) is 13.1 Å². The molecule has 24 heavy (non-hydrogen) atoms. The van der Waals surface area contributed by atoms with Gasteiger partial charge in [-0.2, -0.15) is 8.42 Å². The van der Waals surface area contributed by atoms with Crippen LogP contribution in [0.1, 0.15) is 26.3 Å². The van der Waals surface area contributed by atoms with Gasteiger partial charge in [0.15, 0.2) is 0 Å². The van der Waals surface area contributed by atoms with Crippen molar-refractivity contribution in [3.05, 3.63) is 54.4 Å². The summed E-state index contributed by atoms with van der Waals surface area (Å²) in [5.41, 5.74) is 2.63. The second-order valence-electron chi connectivity index (χ2n) is 6.82. The highest BCUT2D eigenvalue weighted by atomic mass is 32.2. The largest absolute Gasteiger partial charge is 0.379 e. The van der Waals surface area contributed by atoms with Crippen molar-refractivity contribution in [3.8, 4) is 5.75 Å². The molecule has 0 aliphatic heterocycles. The summed E-state index contributed by atoms with van der Waals surface area (Å²) in [6.45, 7) is 6.24. The van der Waals surface area contributed by atoms with Crippen molar-refractivity contribution in [1.29, 1.82) is 0 Å². The molecular formula is C18H20N2O3S. The number of fused-ring (bicyclic) bond motifs is 1. The topological polar surface area (TPSA) is 61.2 Å². The van der Waals surface area contributed by atoms with Crippen LogP contribution in [0.2, 0.25) is 0 Å². The van der Waals surface area contributed by atoms with Crippen LogP contribution in [0.3, 0.4) is 0 Å². The van der Waals surface area contributed by atoms with E-state index in [1.165, 1.54) is 0 Å². The molecule has 0 saturated carbocycles. The summed E-state index contributed by atoms with van der Waals surface area (Å²) >= 11 is 0. The lowest BCUT2D eigenvalue weighted by Crippen LogP contribution is -2.13. The molecule has 0 radical (unpaired) electrons. The molecule has 0 spiro atoms. The Bertz CT molecular complexity index is 981. The van der Waals surface area contributed by atoms with Gasteiger partial charge in [-0.25, -0.2) is 4.98 Å². The monoisotopic (exact) mass is 344 g/mol. The summed E-state index contributed by atoms with van der Waals surface area (Å²) in [4.78, 5) is 4.34. The average Bonchev–Trinajstić information content (AvgIpc) is 2.87. The fourth-order valence-electron chi connectivity index (χ4n) is 2.46. The number of nitrogens with zero attached hydrogens (tertiary/aromatic N) is 2. The number of hydrogen-bond acceptors (Lipinski definition) is 4. The van der Waals surface area contributed by atoms with E-state index in [4.69, 9.17) is 4.18 Å². The minimum Gasteiger partial charge on any atom is -0.379 e. The predicted octanol–water partition coefficient (Wildman–Crippen LogP) is 3.64. The van der Waals surface area contributed by atoms with E-state index in [-0.39, 0.29) is 16.1 Å². The second kappa shape index (κ2) is 5.63. The summed E-state index contributed by atoms with van der Waals surface area (Å²) in [5, 5.41) is 0. The number of benzene rings is 2. The van der Waals surface area contributed by atoms with Gasteiger partial charge in [0.2, 0.25) is 0 Å². The van der Waals surface area contributed by atoms with Crippen LogP contribution in [0.4, 0.5) is 0 Å². The Labute approximate surface area is 142 Å². The molecule has 0 atom stereocenters. The lowest BCUT2D eigenvalue weighted by molar-refractivity contribution is 0.486. The standard InChI is InChI=1S/C18H20N2O3S/c1-18(2,3)13-5-8-15(9-6-13)24(21,22)23-14-7-10-17-16(11-14)19-12-20(17)4/h5-12H,1-4H3. The molecule has 0 saturated heterocycles. The molecule has 0 fully saturated rings. The summed E-state index contributed by atoms with van der Waals surface area (Å²) < 4.78 is 32.0. The van der Waals surface area contributed by atoms with E-state index in [1.54, 1.807) is 36.7 Å². The van der Waals surface area contributed by atoms with Gasteiger partial charge in [-0.15, -0.1) is 0 Å². The maximum Gasteiger partial charge on any atom is 0.339 e. The van der Waals surface area contributed by atoms with Crippen molar-refractivity contribution in [1.82, 2.24) is 9.55 Å². The third kappa shape index (κ3) is 3.14. The van der Waals surface area contributed by atoms with Gasteiger partial charge in [0.25, 0.3) is 0 Å². The zero-order valence-corrected chi connectivity index (χ0v) is 15.0. The third-order valence-corrected chi connectivity index (χ3v) is 5.17. The molecule has 0 aliphatic rings. The molecular weight excluding hydrogens is 324 g/mol. The Morgan fingerprint density at radius 3 is 2.33 bits per heavy atom. The highest BCUT2D eigenvalue weighted by Crippen LogP contribution is 2.26. The van der Waals surface area contributed by atoms with Crippen LogP contribution in [0.25, 0.3) is 11.0 Å². The zero-order valence-electron chi connectivity index (χ0n) is 14.1. The molecule has 0 N–H and O–H groups in total. The SMILES string of the molecule is Cn1cnc2cc(OS(=O)(=O)c3ccc(C(C)(C)C)cc3)ccc21. The molecule has 3 rings (SSSR count). The van der Waals surface area contributed by atoms with Crippen molar-refractivity contribution in [2.75, 3.05) is 0 Å². The fraction of sp³-hybridized carbons (Fsp3) is 0.278. The first-order chi connectivity index (χ1) is 11.2. The Morgan fingerprint density at radius 1 is 1.04 bits per heavy atom. The lowest BCUT2D eigenvalue weighted by atomic mass is 9.87. The van der Waals surface area contributed by atoms with E-state index in [0.29, 0.717) is 5.52 Å². The van der Waals surface area contributed by atoms with Crippen molar-refractivity contribution < 1.29 is 12.6 Å². The summed E-state index contributed by atoms with van der Waals surface area (Å²) in [6, 6.07) is 11.8. The predicted molar refractivity (Wildman–Crippen MR) is 93.7 cm³/mol. The highest BCUT2D eigenvalue weighted by Gasteiger charge is 2.19. The Hall–Kier alpha value is -2.34. The lowest BCUT2D eigenvalue weighted by Gasteiger charge is -2.19. The maximum absolute atomic E-state index is 12.5. The van der Waals surface area contributed by atoms with Gasteiger partial charge < -0.3 is 8.75 Å². The summed E-state index contributed by atoms with van der Waals surface area (Å²) in [7, 11) is -1.99. The number of imidazole rings is 1. The van der Waals surface area contributed by atoms with Crippen molar-refractivity contribution in [3.63, 3.8) is 0 Å². The smallest absolute Gasteiger partial charge is 0.339 e. The van der Waals surface area contributed by atoms with E-state index in [0.717, 1.165) is 11.1 Å². The van der Waals surface area contributed by atoms with Gasteiger partial charge in [-0.3, -0.25) is 0 Å². The first-order valence-corrected chi connectivity index (χ1v) is 9.04. The highest BCUT2D eigenvalue weighted by molar-refractivity contribution is 7.87. The van der Waals surface area contributed by atoms with Gasteiger partial charge in [-0.1, -0.05) is 32.9 Å². The Kier molecular flexibility index (Phi) is 3.87. The molecule has 6 heteroatoms. The number of aromatic nitrogens is 2. The van der Waals surface area contributed by atoms with Gasteiger partial charge in [0.05, 0.1) is 17.4 Å². The molecule has 1 heterocycles. The molecule has 0 amide bonds. The van der Waals surface area contributed by atoms with Crippen LogP contribution < -0.4 is 4.18 Å². The van der Waals surface area contributed by atoms with Crippen LogP contribution in [0.5, 0.6) is 5.75 Å². The van der Waals surface area contributed by atoms with E-state index < -0.39 is 10.1 Å². The quantitative estimate of drug-likeness (QED) is 0.681. The number of hydrogen-bond donors (Lipinski definition) is 0. The normalized spacial score (nSPS) is 12.5. The Morgan fingerprint density at radius 2 is 1.71 bits per heavy atom. The van der Waals surface area contributed by atoms with Gasteiger partial charge in [0.1, 0.15) is 10.6 Å². The second-order valence-corrected chi connectivity index (χ2v) is 8.36. The molecule has 3 aromatic rings. The molecule has 2 aromatic carbocycles. The Balaban J connectivity index is 1.89. The summed E-state index contributed by atoms with van der Waals surface area (Å²) in [6.07, 6.45) is 1.67. The first kappa shape index (κ1) is 16.5. The van der Waals surface area contributed by atoms with Crippen LogP contribution in [0, 0.1) is 0 Å². The number of rotatable bonds is 3. The van der Waals surface area contributed by atoms with E-state index in [2.05, 4.69) is 25.8 Å². The van der Waals surface area contributed by atoms with Crippen LogP contribution in [-0.4, -0.2) is 18.0 Å². The molecule has 5 nitrogen and oxygen atoms in total. The third-order valence-electron chi connectivity index (χ3n) is 3.91. The van der Waals surface area contributed by atoms with Crippen molar-refractivity contribution >= 4 is 21.2 Å². The molecule has 1 aromatic heterocycles. The minimum absolute atomic E-state index is 0.0346. The molecule has 0 unspecified atom stereocenters. The molecule has 0 aliphatic carbocycles. The van der Waals surface area contributed by atoms with Crippen LogP contribution >= 0.6 is 0 Å². The van der Waals surface area contributed by atoms with E-state index in [9.17, 15) is 8.42 Å². The van der Waals surface area contributed by atoms with Crippen LogP contribution in [0.15, 0.2) is 53.7 Å². The zero-order chi connectivity index (χ0) is 17.5. The number of aryl methyl sites for hydroxylation is 1. The first-order valence-electron chi connectivity index (χ1n) is 7.63. The molecule has 126 valence electrons. The molecule has 0 bridgehead atoms. The minimum atomic E-state index is -3.87. The van der Waals surface area contributed by atoms with Crippen LogP contribution in [-0.2, 0) is 22.6 Å². The van der Waals surface area contributed by atoms with E-state index >= 15 is 0 Å². The summed E-state index contributed by atoms with van der Waals surface area (Å²) in [5.74, 6) is 0.251. The van der Waals surface area contributed by atoms with Crippen molar-refractivity contribution in [2.24, 2.45) is 7.05 Å². The fourth-order valence-corrected chi connectivity index (χ4v) is 3.39. The van der Waals surface area contributed by atoms with Gasteiger partial charge in [-0.05, 0) is 35.2 Å². The van der Waals surface area contributed by atoms with E-state index in [1.807, 2.05) is 23.7 Å². The van der Waals surface area contributed by atoms with Crippen molar-refractivity contribution in [2.45, 2.75) is 31.1 Å².